The summed E-state index contributed by atoms with van der Waals surface area (Å²) in [4.78, 5) is 51.9. The predicted molar refractivity (Wildman–Crippen MR) is 344 cm³/mol. The second-order valence-electron chi connectivity index (χ2n) is 24.9. The molecule has 0 N–H and O–H groups in total. The van der Waals surface area contributed by atoms with Crippen LogP contribution in [-0.4, -0.2) is 33.8 Å². The molecule has 2 atom stereocenters. The van der Waals surface area contributed by atoms with Crippen molar-refractivity contribution in [3.05, 3.63) is 278 Å². The van der Waals surface area contributed by atoms with Crippen molar-refractivity contribution in [2.45, 2.75) is 126 Å². The van der Waals surface area contributed by atoms with Gasteiger partial charge in [0.25, 0.3) is 22.7 Å². The lowest BCUT2D eigenvalue weighted by Gasteiger charge is -2.37. The molecular weight excluding hydrogens is 1080 g/mol. The molecule has 86 heavy (non-hydrogen) atoms. The van der Waals surface area contributed by atoms with Crippen molar-refractivity contribution >= 4 is 55.7 Å². The number of nitro benzene ring substituents is 4. The minimum atomic E-state index is -0.826. The van der Waals surface area contributed by atoms with E-state index in [9.17, 15) is 40.5 Å². The molecule has 14 heteroatoms. The number of hydrogen-bond acceptors (Lipinski definition) is 10. The molecule has 2 heterocycles. The van der Waals surface area contributed by atoms with Crippen LogP contribution < -0.4 is 9.80 Å². The van der Waals surface area contributed by atoms with E-state index in [-0.39, 0.29) is 53.3 Å². The molecule has 0 radical (unpaired) electrons. The van der Waals surface area contributed by atoms with Crippen molar-refractivity contribution < 1.29 is 19.7 Å². The maximum atomic E-state index is 12.4. The van der Waals surface area contributed by atoms with Crippen LogP contribution in [0.3, 0.4) is 0 Å². The molecule has 438 valence electrons. The summed E-state index contributed by atoms with van der Waals surface area (Å²) in [5.41, 5.74) is 11.1. The average molecular weight is 1150 g/mol. The van der Waals surface area contributed by atoms with Gasteiger partial charge in [0.2, 0.25) is 0 Å². The van der Waals surface area contributed by atoms with Crippen molar-refractivity contribution in [2.24, 2.45) is 0 Å². The number of non-ortho nitro benzene ring substituents is 4. The predicted octanol–water partition coefficient (Wildman–Crippen LogP) is 17.9. The molecule has 2 unspecified atom stereocenters. The monoisotopic (exact) mass is 1150 g/mol. The van der Waals surface area contributed by atoms with Gasteiger partial charge in [0.1, 0.15) is 0 Å². The van der Waals surface area contributed by atoms with E-state index in [4.69, 9.17) is 13.2 Å². The van der Waals surface area contributed by atoms with Gasteiger partial charge in [0.15, 0.2) is 0 Å². The molecule has 2 saturated carbocycles. The van der Waals surface area contributed by atoms with E-state index in [0.29, 0.717) is 12.8 Å². The normalized spacial score (nSPS) is 18.5. The Hall–Kier alpha value is -9.30. The molecule has 11 rings (SSSR count). The standard InChI is InChI=1S/C72H72N6O8/c1-47-21-31-57(77(83)84)43-61(47)69(5,49(3)17-15-19-65-71(37-11-9-12-38-71)67-59-41-55(75(79)80)33-27-53(59)29-35-63(67)73(65)7)45-51-23-25-52(26-24-51)46-70(6,62-44-58(78(85)86)32-22-48(62)2)50(4)18-16-20-66-72(39-13-10-14-40-72)68-60-42-56(76(81)82)34-28-54(60)30-36-64(68)74(66)8/h15-36,41-44H,3-4,9-14,37-40,45-46H2,1-2,5-8H3/b17-15+,18-16+,65-19+,66-20+. The molecule has 14 nitrogen and oxygen atoms in total. The first-order valence-corrected chi connectivity index (χ1v) is 29.8. The van der Waals surface area contributed by atoms with Crippen molar-refractivity contribution in [3.8, 4) is 0 Å². The van der Waals surface area contributed by atoms with Crippen molar-refractivity contribution in [1.29, 1.82) is 0 Å². The zero-order valence-electron chi connectivity index (χ0n) is 49.9. The lowest BCUT2D eigenvalue weighted by Crippen LogP contribution is -2.32. The third-order valence-electron chi connectivity index (χ3n) is 19.9. The number of aryl methyl sites for hydroxylation is 2. The zero-order valence-corrected chi connectivity index (χ0v) is 49.9. The van der Waals surface area contributed by atoms with Crippen molar-refractivity contribution in [3.63, 3.8) is 0 Å². The van der Waals surface area contributed by atoms with Crippen LogP contribution in [0, 0.1) is 54.3 Å². The number of anilines is 2. The van der Waals surface area contributed by atoms with Gasteiger partial charge in [0.05, 0.1) is 19.7 Å². The summed E-state index contributed by atoms with van der Waals surface area (Å²) in [6.07, 6.45) is 23.3. The van der Waals surface area contributed by atoms with Gasteiger partial charge in [-0.1, -0.05) is 138 Å². The topological polar surface area (TPSA) is 179 Å². The molecule has 2 spiro atoms. The van der Waals surface area contributed by atoms with Gasteiger partial charge in [-0.2, -0.15) is 0 Å². The van der Waals surface area contributed by atoms with E-state index in [2.05, 4.69) is 86.3 Å². The molecule has 7 aromatic carbocycles. The van der Waals surface area contributed by atoms with E-state index < -0.39 is 10.8 Å². The van der Waals surface area contributed by atoms with Crippen LogP contribution >= 0.6 is 0 Å². The van der Waals surface area contributed by atoms with E-state index in [1.165, 1.54) is 12.1 Å². The molecule has 4 aliphatic rings. The molecular formula is C72H72N6O8. The summed E-state index contributed by atoms with van der Waals surface area (Å²) in [6.45, 7) is 17.5. The summed E-state index contributed by atoms with van der Waals surface area (Å²) in [6, 6.07) is 37.0. The Bertz CT molecular complexity index is 3860. The molecule has 2 aliphatic carbocycles. The zero-order chi connectivity index (χ0) is 61.0. The van der Waals surface area contributed by atoms with Gasteiger partial charge in [-0.3, -0.25) is 40.5 Å². The largest absolute Gasteiger partial charge is 0.347 e. The number of nitrogens with zero attached hydrogens (tertiary/aromatic N) is 6. The van der Waals surface area contributed by atoms with E-state index in [0.717, 1.165) is 164 Å². The summed E-state index contributed by atoms with van der Waals surface area (Å²) in [5.74, 6) is 0. The number of likely N-dealkylation sites (N-methyl/N-ethyl adjacent to an activating group) is 2. The highest BCUT2D eigenvalue weighted by molar-refractivity contribution is 5.97. The minimum Gasteiger partial charge on any atom is -0.347 e. The van der Waals surface area contributed by atoms with Crippen LogP contribution in [0.15, 0.2) is 193 Å². The van der Waals surface area contributed by atoms with E-state index >= 15 is 0 Å². The first kappa shape index (κ1) is 58.5. The Morgan fingerprint density at radius 2 is 0.814 bits per heavy atom. The summed E-state index contributed by atoms with van der Waals surface area (Å²) in [7, 11) is 4.14. The highest BCUT2D eigenvalue weighted by Crippen LogP contribution is 2.59. The fraction of sp³-hybridized carbons (Fsp3) is 0.306. The number of nitro groups is 4. The second kappa shape index (κ2) is 22.6. The highest BCUT2D eigenvalue weighted by Gasteiger charge is 2.49. The second-order valence-corrected chi connectivity index (χ2v) is 24.9. The van der Waals surface area contributed by atoms with Gasteiger partial charge >= 0.3 is 0 Å². The molecule has 0 amide bonds. The molecule has 0 bridgehead atoms. The summed E-state index contributed by atoms with van der Waals surface area (Å²) in [5, 5.41) is 52.6. The molecule has 0 aromatic heterocycles. The lowest BCUT2D eigenvalue weighted by atomic mass is 9.67. The Labute approximate surface area is 501 Å². The number of hydrogen-bond donors (Lipinski definition) is 0. The molecule has 2 fully saturated rings. The lowest BCUT2D eigenvalue weighted by molar-refractivity contribution is -0.385. The van der Waals surface area contributed by atoms with Gasteiger partial charge in [-0.15, -0.1) is 0 Å². The quantitative estimate of drug-likeness (QED) is 0.0513. The number of fused-ring (bicyclic) bond motifs is 8. The fourth-order valence-corrected chi connectivity index (χ4v) is 15.3. The first-order valence-electron chi connectivity index (χ1n) is 29.8. The Kier molecular flexibility index (Phi) is 15.4. The minimum absolute atomic E-state index is 0.0138. The van der Waals surface area contributed by atoms with Gasteiger partial charge in [-0.25, -0.2) is 0 Å². The number of allylic oxidation sites excluding steroid dienone is 10. The molecule has 2 aliphatic heterocycles. The number of rotatable bonds is 16. The first-order chi connectivity index (χ1) is 41.1. The van der Waals surface area contributed by atoms with Gasteiger partial charge in [0, 0.05) is 107 Å². The Morgan fingerprint density at radius 1 is 0.488 bits per heavy atom. The van der Waals surface area contributed by atoms with Crippen molar-refractivity contribution in [2.75, 3.05) is 23.9 Å². The summed E-state index contributed by atoms with van der Waals surface area (Å²) >= 11 is 0. The fourth-order valence-electron chi connectivity index (χ4n) is 15.3. The smallest absolute Gasteiger partial charge is 0.270 e. The number of benzene rings is 7. The van der Waals surface area contributed by atoms with Crippen LogP contribution in [0.5, 0.6) is 0 Å². The maximum absolute atomic E-state index is 12.4. The van der Waals surface area contributed by atoms with E-state index in [1.807, 2.05) is 62.4 Å². The highest BCUT2D eigenvalue weighted by atomic mass is 16.6. The van der Waals surface area contributed by atoms with E-state index in [1.54, 1.807) is 48.5 Å². The Morgan fingerprint density at radius 3 is 1.16 bits per heavy atom. The summed E-state index contributed by atoms with van der Waals surface area (Å²) < 4.78 is 0. The van der Waals surface area contributed by atoms with Crippen LogP contribution in [-0.2, 0) is 34.5 Å². The van der Waals surface area contributed by atoms with Crippen LogP contribution in [0.4, 0.5) is 34.1 Å². The van der Waals surface area contributed by atoms with Crippen LogP contribution in [0.1, 0.15) is 123 Å². The third-order valence-corrected chi connectivity index (χ3v) is 19.9. The molecule has 7 aromatic rings. The van der Waals surface area contributed by atoms with Crippen LogP contribution in [0.25, 0.3) is 21.5 Å². The van der Waals surface area contributed by atoms with Crippen LogP contribution in [0.2, 0.25) is 0 Å². The third kappa shape index (κ3) is 10.1. The molecule has 0 saturated heterocycles. The van der Waals surface area contributed by atoms with Gasteiger partial charge in [-0.05, 0) is 166 Å². The SMILES string of the molecule is C=C(/C=C/C=C1/N(C)c2ccc3ccc([N+](=O)[O-])cc3c2C12CCCCC2)C(C)(Cc1ccc(CC(C)(C(=C)/C=C/C=C2/N(C)c3ccc4ccc([N+](=O)[O-])cc4c3C23CCCCC3)c2cc([N+](=O)[O-])ccc2C)cc1)c1cc([N+](=O)[O-])ccc1C. The van der Waals surface area contributed by atoms with Crippen molar-refractivity contribution in [1.82, 2.24) is 0 Å². The average Bonchev–Trinajstić information content (AvgIpc) is 1.59. The van der Waals surface area contributed by atoms with Gasteiger partial charge < -0.3 is 9.80 Å². The maximum Gasteiger partial charge on any atom is 0.270 e. The Balaban J connectivity index is 0.921.